The summed E-state index contributed by atoms with van der Waals surface area (Å²) in [5, 5.41) is 16.5. The SMILES string of the molecule is CO/N=C(\C(=O)N[C@@H]1C(=O)N2C(C(=O)O)C(COC(N)=O)=CS[C@H]12)c1ccco1. The van der Waals surface area contributed by atoms with Gasteiger partial charge in [0.05, 0.1) is 6.26 Å². The molecule has 13 heteroatoms. The molecule has 2 aliphatic heterocycles. The van der Waals surface area contributed by atoms with E-state index in [0.717, 1.165) is 16.7 Å². The Morgan fingerprint density at radius 2 is 2.21 bits per heavy atom. The maximum Gasteiger partial charge on any atom is 0.404 e. The molecule has 0 radical (unpaired) electrons. The first kappa shape index (κ1) is 20.3. The van der Waals surface area contributed by atoms with Crippen LogP contribution in [0.4, 0.5) is 4.79 Å². The van der Waals surface area contributed by atoms with Gasteiger partial charge in [-0.1, -0.05) is 5.16 Å². The van der Waals surface area contributed by atoms with Gasteiger partial charge in [-0.3, -0.25) is 9.59 Å². The van der Waals surface area contributed by atoms with E-state index >= 15 is 0 Å². The van der Waals surface area contributed by atoms with Crippen molar-refractivity contribution in [3.63, 3.8) is 0 Å². The Morgan fingerprint density at radius 3 is 2.79 bits per heavy atom. The second-order valence-corrected chi connectivity index (χ2v) is 6.86. The quantitative estimate of drug-likeness (QED) is 0.295. The van der Waals surface area contributed by atoms with Crippen LogP contribution in [0.5, 0.6) is 0 Å². The van der Waals surface area contributed by atoms with Gasteiger partial charge in [0.25, 0.3) is 5.91 Å². The van der Waals surface area contributed by atoms with Crippen molar-refractivity contribution in [3.05, 3.63) is 35.1 Å². The number of carbonyl (C=O) groups excluding carboxylic acids is 3. The van der Waals surface area contributed by atoms with E-state index in [0.29, 0.717) is 0 Å². The van der Waals surface area contributed by atoms with E-state index in [9.17, 15) is 24.3 Å². The molecule has 4 N–H and O–H groups in total. The molecule has 1 unspecified atom stereocenters. The van der Waals surface area contributed by atoms with Crippen LogP contribution in [0.2, 0.25) is 0 Å². The minimum atomic E-state index is -1.33. The van der Waals surface area contributed by atoms with E-state index in [-0.39, 0.29) is 23.7 Å². The highest BCUT2D eigenvalue weighted by Gasteiger charge is 2.56. The van der Waals surface area contributed by atoms with E-state index in [4.69, 9.17) is 10.2 Å². The number of β-lactam (4-membered cyclic amide) rings is 1. The number of oxime groups is 1. The Hall–Kier alpha value is -3.48. The van der Waals surface area contributed by atoms with Crippen molar-refractivity contribution in [1.29, 1.82) is 0 Å². The molecule has 0 bridgehead atoms. The Bertz CT molecular complexity index is 897. The number of ether oxygens (including phenoxy) is 1. The van der Waals surface area contributed by atoms with Crippen molar-refractivity contribution in [2.45, 2.75) is 17.5 Å². The third kappa shape index (κ3) is 3.89. The molecule has 1 fully saturated rings. The molecule has 2 aliphatic rings. The van der Waals surface area contributed by atoms with Gasteiger partial charge < -0.3 is 35.0 Å². The molecule has 0 spiro atoms. The fraction of sp³-hybridized carbons (Fsp3) is 0.312. The standard InChI is InChI=1S/C16H16N4O8S/c1-26-19-9(8-3-2-4-27-8)12(21)18-10-13(22)20-11(15(23)24)7(5-28-16(17)25)6-29-14(10)20/h2-4,6,10-11,14H,5H2,1H3,(H2,17,25)(H,18,21)(H,23,24)/b19-9-/t10-,11?,14-/m1/s1. The number of hydrogen-bond donors (Lipinski definition) is 3. The molecule has 3 atom stereocenters. The number of primary amides is 1. The number of carboxylic acids is 1. The van der Waals surface area contributed by atoms with Gasteiger partial charge in [0.1, 0.15) is 25.1 Å². The normalized spacial score (nSPS) is 23.4. The molecule has 29 heavy (non-hydrogen) atoms. The lowest BCUT2D eigenvalue weighted by molar-refractivity contribution is -0.160. The minimum Gasteiger partial charge on any atom is -0.479 e. The summed E-state index contributed by atoms with van der Waals surface area (Å²) in [6.07, 6.45) is 0.281. The predicted octanol–water partition coefficient (Wildman–Crippen LogP) is -0.538. The highest BCUT2D eigenvalue weighted by atomic mass is 32.2. The zero-order valence-corrected chi connectivity index (χ0v) is 15.8. The molecule has 154 valence electrons. The topological polar surface area (TPSA) is 174 Å². The largest absolute Gasteiger partial charge is 0.479 e. The lowest BCUT2D eigenvalue weighted by atomic mass is 9.98. The lowest BCUT2D eigenvalue weighted by Gasteiger charge is -2.51. The van der Waals surface area contributed by atoms with Crippen LogP contribution in [0.15, 0.2) is 38.9 Å². The molecule has 0 saturated carbocycles. The number of nitrogens with zero attached hydrogens (tertiary/aromatic N) is 2. The third-order valence-corrected chi connectivity index (χ3v) is 5.34. The third-order valence-electron chi connectivity index (χ3n) is 4.12. The van der Waals surface area contributed by atoms with Crippen LogP contribution in [-0.2, 0) is 24.0 Å². The van der Waals surface area contributed by atoms with Crippen LogP contribution in [0, 0.1) is 0 Å². The summed E-state index contributed by atoms with van der Waals surface area (Å²) in [5.74, 6) is -2.49. The second-order valence-electron chi connectivity index (χ2n) is 5.86. The van der Waals surface area contributed by atoms with Crippen LogP contribution in [-0.4, -0.2) is 70.8 Å². The van der Waals surface area contributed by atoms with Crippen molar-refractivity contribution in [1.82, 2.24) is 10.2 Å². The predicted molar refractivity (Wildman–Crippen MR) is 97.5 cm³/mol. The van der Waals surface area contributed by atoms with Crippen molar-refractivity contribution in [2.24, 2.45) is 10.9 Å². The summed E-state index contributed by atoms with van der Waals surface area (Å²) in [5.41, 5.74) is 4.92. The first-order valence-corrected chi connectivity index (χ1v) is 9.07. The summed E-state index contributed by atoms with van der Waals surface area (Å²) >= 11 is 1.11. The molecule has 12 nitrogen and oxygen atoms in total. The number of carbonyl (C=O) groups is 4. The van der Waals surface area contributed by atoms with Gasteiger partial charge >= 0.3 is 12.1 Å². The fourth-order valence-corrected chi connectivity index (χ4v) is 4.10. The van der Waals surface area contributed by atoms with Gasteiger partial charge in [0, 0.05) is 5.57 Å². The zero-order chi connectivity index (χ0) is 21.1. The number of aliphatic carboxylic acids is 1. The van der Waals surface area contributed by atoms with E-state index < -0.39 is 41.3 Å². The highest BCUT2D eigenvalue weighted by Crippen LogP contribution is 2.40. The van der Waals surface area contributed by atoms with Crippen LogP contribution in [0.25, 0.3) is 0 Å². The summed E-state index contributed by atoms with van der Waals surface area (Å²) in [6, 6.07) is 0.731. The fourth-order valence-electron chi connectivity index (χ4n) is 2.90. The molecular formula is C16H16N4O8S. The van der Waals surface area contributed by atoms with Gasteiger partial charge in [-0.25, -0.2) is 9.59 Å². The molecule has 1 aromatic rings. The van der Waals surface area contributed by atoms with Crippen molar-refractivity contribution in [2.75, 3.05) is 13.7 Å². The molecule has 3 heterocycles. The van der Waals surface area contributed by atoms with E-state index in [1.54, 1.807) is 6.07 Å². The summed E-state index contributed by atoms with van der Waals surface area (Å²) in [4.78, 5) is 53.3. The zero-order valence-electron chi connectivity index (χ0n) is 14.9. The van der Waals surface area contributed by atoms with E-state index in [1.165, 1.54) is 24.8 Å². The van der Waals surface area contributed by atoms with Gasteiger partial charge in [0.15, 0.2) is 11.8 Å². The lowest BCUT2D eigenvalue weighted by Crippen LogP contribution is -2.74. The summed E-state index contributed by atoms with van der Waals surface area (Å²) < 4.78 is 9.78. The Balaban J connectivity index is 1.75. The van der Waals surface area contributed by atoms with Crippen molar-refractivity contribution >= 4 is 41.4 Å². The van der Waals surface area contributed by atoms with Crippen LogP contribution >= 0.6 is 11.8 Å². The first-order valence-electron chi connectivity index (χ1n) is 8.12. The number of hydrogen-bond acceptors (Lipinski definition) is 9. The number of carboxylic acid groups (broad SMARTS) is 1. The van der Waals surface area contributed by atoms with Crippen LogP contribution in [0.3, 0.4) is 0 Å². The number of rotatable bonds is 7. The van der Waals surface area contributed by atoms with Crippen molar-refractivity contribution < 1.29 is 38.3 Å². The second kappa shape index (κ2) is 8.26. The molecule has 3 amide bonds. The van der Waals surface area contributed by atoms with Gasteiger partial charge in [-0.05, 0) is 17.5 Å². The number of amides is 3. The number of thioether (sulfide) groups is 1. The molecule has 3 rings (SSSR count). The molecule has 1 saturated heterocycles. The average Bonchev–Trinajstić information content (AvgIpc) is 3.21. The van der Waals surface area contributed by atoms with E-state index in [2.05, 4.69) is 20.0 Å². The Labute approximate surface area is 167 Å². The maximum atomic E-state index is 12.6. The van der Waals surface area contributed by atoms with E-state index in [1.807, 2.05) is 0 Å². The van der Waals surface area contributed by atoms with Crippen LogP contribution < -0.4 is 11.1 Å². The molecular weight excluding hydrogens is 408 g/mol. The van der Waals surface area contributed by atoms with Gasteiger partial charge in [-0.15, -0.1) is 11.8 Å². The Morgan fingerprint density at radius 1 is 1.45 bits per heavy atom. The number of furan rings is 1. The van der Waals surface area contributed by atoms with Gasteiger partial charge in [-0.2, -0.15) is 0 Å². The number of nitrogens with one attached hydrogen (secondary N) is 1. The number of nitrogens with two attached hydrogens (primary N) is 1. The van der Waals surface area contributed by atoms with Crippen LogP contribution in [0.1, 0.15) is 5.76 Å². The minimum absolute atomic E-state index is 0.137. The highest BCUT2D eigenvalue weighted by molar-refractivity contribution is 8.02. The van der Waals surface area contributed by atoms with Gasteiger partial charge in [0.2, 0.25) is 11.6 Å². The summed E-state index contributed by atoms with van der Waals surface area (Å²) in [7, 11) is 1.25. The molecule has 0 aromatic carbocycles. The maximum absolute atomic E-state index is 12.6. The molecule has 1 aromatic heterocycles. The molecule has 0 aliphatic carbocycles. The summed E-state index contributed by atoms with van der Waals surface area (Å²) in [6.45, 7) is -0.365. The average molecular weight is 424 g/mol. The van der Waals surface area contributed by atoms with Crippen molar-refractivity contribution in [3.8, 4) is 0 Å². The Kier molecular flexibility index (Phi) is 5.77. The monoisotopic (exact) mass is 424 g/mol. The first-order chi connectivity index (χ1) is 13.8. The number of fused-ring (bicyclic) bond motifs is 1. The smallest absolute Gasteiger partial charge is 0.404 e.